The number of aromatic amines is 1. The summed E-state index contributed by atoms with van der Waals surface area (Å²) in [6.07, 6.45) is 0. The molecular weight excluding hydrogens is 360 g/mol. The van der Waals surface area contributed by atoms with Crippen LogP contribution in [0.5, 0.6) is 0 Å². The summed E-state index contributed by atoms with van der Waals surface area (Å²) in [5.41, 5.74) is 4.53. The second-order valence-corrected chi connectivity index (χ2v) is 7.59. The van der Waals surface area contributed by atoms with E-state index in [-0.39, 0.29) is 5.56 Å². The van der Waals surface area contributed by atoms with Crippen LogP contribution in [0.2, 0.25) is 5.02 Å². The summed E-state index contributed by atoms with van der Waals surface area (Å²) in [6.45, 7) is 8.78. The normalized spacial score (nSPS) is 15.4. The van der Waals surface area contributed by atoms with Gasteiger partial charge >= 0.3 is 0 Å². The number of rotatable bonds is 3. The molecule has 0 amide bonds. The van der Waals surface area contributed by atoms with Gasteiger partial charge in [0.1, 0.15) is 5.82 Å². The van der Waals surface area contributed by atoms with E-state index in [1.807, 2.05) is 0 Å². The summed E-state index contributed by atoms with van der Waals surface area (Å²) < 4.78 is 0. The van der Waals surface area contributed by atoms with Gasteiger partial charge in [0.2, 0.25) is 0 Å². The summed E-state index contributed by atoms with van der Waals surface area (Å²) in [5, 5.41) is 1.16. The summed E-state index contributed by atoms with van der Waals surface area (Å²) in [7, 11) is 0. The van der Waals surface area contributed by atoms with Crippen LogP contribution in [0.15, 0.2) is 41.2 Å². The van der Waals surface area contributed by atoms with Crippen LogP contribution in [0.3, 0.4) is 0 Å². The summed E-state index contributed by atoms with van der Waals surface area (Å²) in [6, 6.07) is 11.7. The van der Waals surface area contributed by atoms with Gasteiger partial charge in [0.25, 0.3) is 5.56 Å². The van der Waals surface area contributed by atoms with E-state index in [0.29, 0.717) is 28.3 Å². The predicted octanol–water partition coefficient (Wildman–Crippen LogP) is 3.52. The molecule has 0 radical (unpaired) electrons. The van der Waals surface area contributed by atoms with E-state index >= 15 is 0 Å². The molecule has 0 aliphatic carbocycles. The molecule has 1 aliphatic rings. The molecule has 5 nitrogen and oxygen atoms in total. The van der Waals surface area contributed by atoms with Gasteiger partial charge < -0.3 is 9.88 Å². The number of anilines is 1. The molecule has 0 bridgehead atoms. The molecule has 2 aromatic carbocycles. The minimum absolute atomic E-state index is 0.110. The molecule has 0 unspecified atom stereocenters. The van der Waals surface area contributed by atoms with Crippen molar-refractivity contribution in [1.82, 2.24) is 14.9 Å². The van der Waals surface area contributed by atoms with E-state index in [9.17, 15) is 4.79 Å². The lowest BCUT2D eigenvalue weighted by Crippen LogP contribution is -2.46. The molecule has 6 heteroatoms. The van der Waals surface area contributed by atoms with Gasteiger partial charge in [-0.2, -0.15) is 0 Å². The molecule has 1 aromatic heterocycles. The minimum atomic E-state index is -0.110. The van der Waals surface area contributed by atoms with Crippen LogP contribution in [-0.4, -0.2) is 41.0 Å². The van der Waals surface area contributed by atoms with Crippen molar-refractivity contribution in [2.24, 2.45) is 0 Å². The first kappa shape index (κ1) is 18.0. The quantitative estimate of drug-likeness (QED) is 0.753. The van der Waals surface area contributed by atoms with Crippen molar-refractivity contribution in [1.29, 1.82) is 0 Å². The number of fused-ring (bicyclic) bond motifs is 1. The Labute approximate surface area is 163 Å². The van der Waals surface area contributed by atoms with Crippen molar-refractivity contribution in [2.45, 2.75) is 20.4 Å². The van der Waals surface area contributed by atoms with Gasteiger partial charge in [0, 0.05) is 36.9 Å². The second kappa shape index (κ2) is 7.33. The molecule has 1 saturated heterocycles. The zero-order chi connectivity index (χ0) is 19.0. The third kappa shape index (κ3) is 3.70. The highest BCUT2D eigenvalue weighted by Gasteiger charge is 2.19. The van der Waals surface area contributed by atoms with Crippen LogP contribution in [0.4, 0.5) is 5.69 Å². The number of aromatic nitrogens is 2. The van der Waals surface area contributed by atoms with E-state index in [1.54, 1.807) is 18.2 Å². The lowest BCUT2D eigenvalue weighted by Gasteiger charge is -2.36. The number of aryl methyl sites for hydroxylation is 1. The highest BCUT2D eigenvalue weighted by atomic mass is 35.5. The largest absolute Gasteiger partial charge is 0.369 e. The van der Waals surface area contributed by atoms with Gasteiger partial charge in [0.05, 0.1) is 17.4 Å². The third-order valence-electron chi connectivity index (χ3n) is 5.38. The zero-order valence-electron chi connectivity index (χ0n) is 15.6. The molecule has 140 valence electrons. The highest BCUT2D eigenvalue weighted by Crippen LogP contribution is 2.24. The number of nitrogens with zero attached hydrogens (tertiary/aromatic N) is 3. The molecule has 1 aliphatic heterocycles. The van der Waals surface area contributed by atoms with Gasteiger partial charge in [-0.15, -0.1) is 0 Å². The van der Waals surface area contributed by atoms with Crippen molar-refractivity contribution < 1.29 is 0 Å². The number of piperazine rings is 1. The fraction of sp³-hybridized carbons (Fsp3) is 0.333. The van der Waals surface area contributed by atoms with E-state index in [4.69, 9.17) is 11.6 Å². The lowest BCUT2D eigenvalue weighted by atomic mass is 10.1. The monoisotopic (exact) mass is 382 g/mol. The Morgan fingerprint density at radius 3 is 2.67 bits per heavy atom. The van der Waals surface area contributed by atoms with E-state index in [2.05, 4.69) is 51.8 Å². The van der Waals surface area contributed by atoms with E-state index in [1.165, 1.54) is 16.8 Å². The average Bonchev–Trinajstić information content (AvgIpc) is 2.64. The Bertz CT molecular complexity index is 1040. The fourth-order valence-electron chi connectivity index (χ4n) is 3.67. The number of hydrogen-bond acceptors (Lipinski definition) is 4. The van der Waals surface area contributed by atoms with Crippen molar-refractivity contribution in [2.75, 3.05) is 31.1 Å². The maximum atomic E-state index is 12.3. The Kier molecular flexibility index (Phi) is 4.89. The highest BCUT2D eigenvalue weighted by molar-refractivity contribution is 6.31. The van der Waals surface area contributed by atoms with Gasteiger partial charge in [-0.1, -0.05) is 23.7 Å². The smallest absolute Gasteiger partial charge is 0.258 e. The minimum Gasteiger partial charge on any atom is -0.369 e. The Balaban J connectivity index is 1.47. The van der Waals surface area contributed by atoms with Crippen LogP contribution < -0.4 is 10.5 Å². The predicted molar refractivity (Wildman–Crippen MR) is 111 cm³/mol. The van der Waals surface area contributed by atoms with Crippen LogP contribution in [0, 0.1) is 13.8 Å². The maximum Gasteiger partial charge on any atom is 0.258 e. The topological polar surface area (TPSA) is 52.2 Å². The Morgan fingerprint density at radius 2 is 1.89 bits per heavy atom. The molecule has 3 aromatic rings. The summed E-state index contributed by atoms with van der Waals surface area (Å²) in [4.78, 5) is 24.6. The van der Waals surface area contributed by atoms with E-state index < -0.39 is 0 Å². The number of halogens is 1. The first-order chi connectivity index (χ1) is 13.0. The molecule has 0 saturated carbocycles. The molecule has 0 spiro atoms. The van der Waals surface area contributed by atoms with E-state index in [0.717, 1.165) is 26.2 Å². The number of H-pyrrole nitrogens is 1. The van der Waals surface area contributed by atoms with Gasteiger partial charge in [-0.25, -0.2) is 4.98 Å². The number of hydrogen-bond donors (Lipinski definition) is 1. The van der Waals surface area contributed by atoms with Gasteiger partial charge in [-0.3, -0.25) is 9.69 Å². The number of benzene rings is 2. The molecular formula is C21H23ClN4O. The van der Waals surface area contributed by atoms with Crippen molar-refractivity contribution in [3.05, 3.63) is 68.7 Å². The Morgan fingerprint density at radius 1 is 1.11 bits per heavy atom. The first-order valence-corrected chi connectivity index (χ1v) is 9.61. The molecule has 1 N–H and O–H groups in total. The molecule has 27 heavy (non-hydrogen) atoms. The second-order valence-electron chi connectivity index (χ2n) is 7.16. The van der Waals surface area contributed by atoms with Crippen molar-refractivity contribution >= 4 is 28.2 Å². The van der Waals surface area contributed by atoms with Crippen LogP contribution in [0.25, 0.3) is 10.9 Å². The summed E-state index contributed by atoms with van der Waals surface area (Å²) >= 11 is 6.05. The maximum absolute atomic E-state index is 12.3. The molecule has 4 rings (SSSR count). The van der Waals surface area contributed by atoms with Gasteiger partial charge in [0.15, 0.2) is 0 Å². The zero-order valence-corrected chi connectivity index (χ0v) is 16.4. The van der Waals surface area contributed by atoms with Crippen LogP contribution in [-0.2, 0) is 6.54 Å². The average molecular weight is 383 g/mol. The standard InChI is InChI=1S/C21H23ClN4O/c1-14-4-3-5-19(15(14)2)26-10-8-25(9-11-26)13-20-23-18-12-16(22)6-7-17(18)21(27)24-20/h3-7,12H,8-11,13H2,1-2H3,(H,23,24,27). The molecule has 1 fully saturated rings. The third-order valence-corrected chi connectivity index (χ3v) is 5.62. The van der Waals surface area contributed by atoms with Crippen molar-refractivity contribution in [3.63, 3.8) is 0 Å². The van der Waals surface area contributed by atoms with Crippen molar-refractivity contribution in [3.8, 4) is 0 Å². The van der Waals surface area contributed by atoms with Crippen LogP contribution >= 0.6 is 11.6 Å². The Hall–Kier alpha value is -2.37. The SMILES string of the molecule is Cc1cccc(N2CCN(Cc3nc4cc(Cl)ccc4c(=O)[nH]3)CC2)c1C. The fourth-order valence-corrected chi connectivity index (χ4v) is 3.84. The van der Waals surface area contributed by atoms with Crippen LogP contribution in [0.1, 0.15) is 17.0 Å². The lowest BCUT2D eigenvalue weighted by molar-refractivity contribution is 0.244. The number of nitrogens with one attached hydrogen (secondary N) is 1. The summed E-state index contributed by atoms with van der Waals surface area (Å²) in [5.74, 6) is 0.690. The molecule has 0 atom stereocenters. The first-order valence-electron chi connectivity index (χ1n) is 9.23. The van der Waals surface area contributed by atoms with Gasteiger partial charge in [-0.05, 0) is 49.2 Å². The molecule has 2 heterocycles.